The summed E-state index contributed by atoms with van der Waals surface area (Å²) < 4.78 is 5.75. The van der Waals surface area contributed by atoms with Crippen molar-refractivity contribution >= 4 is 5.97 Å². The van der Waals surface area contributed by atoms with E-state index in [0.717, 1.165) is 0 Å². The van der Waals surface area contributed by atoms with Gasteiger partial charge in [0.2, 0.25) is 11.8 Å². The van der Waals surface area contributed by atoms with Gasteiger partial charge in [-0.2, -0.15) is 0 Å². The van der Waals surface area contributed by atoms with Crippen LogP contribution in [0.15, 0.2) is 42.5 Å². The lowest BCUT2D eigenvalue weighted by Crippen LogP contribution is -2.24. The average molecular weight is 249 g/mol. The van der Waals surface area contributed by atoms with Crippen LogP contribution in [0.2, 0.25) is 0 Å². The summed E-state index contributed by atoms with van der Waals surface area (Å²) in [5.41, 5.74) is 0. The third-order valence-electron chi connectivity index (χ3n) is 2.09. The molecule has 0 spiro atoms. The second kappa shape index (κ2) is 5.13. The largest absolute Gasteiger partial charge is 0.492 e. The minimum absolute atomic E-state index is 0.332. The summed E-state index contributed by atoms with van der Waals surface area (Å²) in [6.07, 6.45) is 0. The van der Waals surface area contributed by atoms with Crippen LogP contribution in [0.25, 0.3) is 0 Å². The van der Waals surface area contributed by atoms with Crippen molar-refractivity contribution in [1.82, 2.24) is 4.73 Å². The van der Waals surface area contributed by atoms with Crippen molar-refractivity contribution in [2.45, 2.75) is 0 Å². The molecule has 0 aliphatic carbocycles. The number of rotatable bonds is 4. The summed E-state index contributed by atoms with van der Waals surface area (Å²) in [7, 11) is 0. The van der Waals surface area contributed by atoms with Gasteiger partial charge in [-0.1, -0.05) is 18.2 Å². The van der Waals surface area contributed by atoms with Crippen molar-refractivity contribution in [2.75, 3.05) is 6.61 Å². The number of aromatic nitrogens is 1. The van der Waals surface area contributed by atoms with E-state index in [-0.39, 0.29) is 18.4 Å². The number of aromatic hydroxyl groups is 2. The zero-order valence-electron chi connectivity index (χ0n) is 9.31. The predicted molar refractivity (Wildman–Crippen MR) is 61.3 cm³/mol. The third-order valence-corrected chi connectivity index (χ3v) is 2.09. The van der Waals surface area contributed by atoms with E-state index in [0.29, 0.717) is 10.5 Å². The molecular weight excluding hydrogens is 238 g/mol. The highest BCUT2D eigenvalue weighted by atomic mass is 16.7. The van der Waals surface area contributed by atoms with E-state index in [1.807, 2.05) is 6.07 Å². The van der Waals surface area contributed by atoms with E-state index in [1.54, 1.807) is 24.3 Å². The first-order valence-electron chi connectivity index (χ1n) is 5.15. The van der Waals surface area contributed by atoms with E-state index in [4.69, 9.17) is 9.57 Å². The topological polar surface area (TPSA) is 80.9 Å². The molecule has 0 saturated carbocycles. The first-order valence-corrected chi connectivity index (χ1v) is 5.15. The van der Waals surface area contributed by atoms with Crippen LogP contribution < -0.4 is 9.57 Å². The van der Waals surface area contributed by atoms with Gasteiger partial charge in [0.15, 0.2) is 6.61 Å². The molecule has 0 radical (unpaired) electrons. The highest BCUT2D eigenvalue weighted by molar-refractivity contribution is 5.71. The Kier molecular flexibility index (Phi) is 3.38. The maximum absolute atomic E-state index is 11.4. The van der Waals surface area contributed by atoms with Gasteiger partial charge in [0.05, 0.1) is 0 Å². The van der Waals surface area contributed by atoms with Crippen LogP contribution in [-0.4, -0.2) is 27.5 Å². The number of hydrogen-bond acceptors (Lipinski definition) is 5. The molecule has 1 aromatic carbocycles. The van der Waals surface area contributed by atoms with Gasteiger partial charge in [0.25, 0.3) is 0 Å². The highest BCUT2D eigenvalue weighted by Gasteiger charge is 2.12. The van der Waals surface area contributed by atoms with Crippen LogP contribution in [-0.2, 0) is 4.79 Å². The van der Waals surface area contributed by atoms with Gasteiger partial charge in [0.1, 0.15) is 5.75 Å². The van der Waals surface area contributed by atoms with Gasteiger partial charge >= 0.3 is 5.97 Å². The summed E-state index contributed by atoms with van der Waals surface area (Å²) in [6, 6.07) is 11.1. The molecule has 0 unspecified atom stereocenters. The Hall–Kier alpha value is -2.63. The molecule has 94 valence electrons. The number of carbonyl (C=O) groups is 1. The fourth-order valence-corrected chi connectivity index (χ4v) is 1.28. The maximum Gasteiger partial charge on any atom is 0.370 e. The molecule has 0 atom stereocenters. The lowest BCUT2D eigenvalue weighted by molar-refractivity contribution is -0.147. The molecule has 0 amide bonds. The monoisotopic (exact) mass is 249 g/mol. The molecular formula is C12H11NO5. The summed E-state index contributed by atoms with van der Waals surface area (Å²) >= 11 is 0. The quantitative estimate of drug-likeness (QED) is 0.842. The number of carbonyl (C=O) groups excluding carboxylic acids is 1. The standard InChI is InChI=1S/C12H11NO5/c14-10-6-7-11(15)13(10)18-12(16)8-17-9-4-2-1-3-5-9/h1-7,14-15H,8H2. The molecule has 6 nitrogen and oxygen atoms in total. The van der Waals surface area contributed by atoms with E-state index in [2.05, 4.69) is 0 Å². The number of nitrogens with zero attached hydrogens (tertiary/aromatic N) is 1. The Morgan fingerprint density at radius 1 is 1.06 bits per heavy atom. The Morgan fingerprint density at radius 3 is 2.28 bits per heavy atom. The molecule has 0 fully saturated rings. The molecule has 18 heavy (non-hydrogen) atoms. The molecule has 0 aliphatic rings. The first kappa shape index (κ1) is 11.8. The number of hydrogen-bond donors (Lipinski definition) is 2. The summed E-state index contributed by atoms with van der Waals surface area (Å²) in [5, 5.41) is 18.5. The van der Waals surface area contributed by atoms with Crippen molar-refractivity contribution in [1.29, 1.82) is 0 Å². The predicted octanol–water partition coefficient (Wildman–Crippen LogP) is 0.933. The number of benzene rings is 1. The van der Waals surface area contributed by atoms with E-state index in [9.17, 15) is 15.0 Å². The minimum Gasteiger partial charge on any atom is -0.492 e. The molecule has 0 bridgehead atoms. The molecule has 2 rings (SSSR count). The highest BCUT2D eigenvalue weighted by Crippen LogP contribution is 2.18. The van der Waals surface area contributed by atoms with Crippen LogP contribution in [0.5, 0.6) is 17.5 Å². The zero-order chi connectivity index (χ0) is 13.0. The average Bonchev–Trinajstić information content (AvgIpc) is 2.69. The van der Waals surface area contributed by atoms with Crippen LogP contribution in [0.1, 0.15) is 0 Å². The second-order valence-electron chi connectivity index (χ2n) is 3.41. The van der Waals surface area contributed by atoms with Crippen LogP contribution >= 0.6 is 0 Å². The molecule has 1 heterocycles. The normalized spacial score (nSPS) is 10.0. The van der Waals surface area contributed by atoms with Crippen LogP contribution in [0.3, 0.4) is 0 Å². The molecule has 0 aliphatic heterocycles. The summed E-state index contributed by atoms with van der Waals surface area (Å²) in [6.45, 7) is -0.332. The van der Waals surface area contributed by atoms with Crippen molar-refractivity contribution in [2.24, 2.45) is 0 Å². The maximum atomic E-state index is 11.4. The lowest BCUT2D eigenvalue weighted by Gasteiger charge is -2.08. The molecule has 1 aromatic heterocycles. The third kappa shape index (κ3) is 2.73. The van der Waals surface area contributed by atoms with Crippen molar-refractivity contribution in [3.63, 3.8) is 0 Å². The minimum atomic E-state index is -0.749. The van der Waals surface area contributed by atoms with Crippen LogP contribution in [0, 0.1) is 0 Å². The number of ether oxygens (including phenoxy) is 1. The second-order valence-corrected chi connectivity index (χ2v) is 3.41. The van der Waals surface area contributed by atoms with Gasteiger partial charge in [0, 0.05) is 12.1 Å². The molecule has 0 saturated heterocycles. The summed E-state index contributed by atoms with van der Waals surface area (Å²) in [4.78, 5) is 16.1. The van der Waals surface area contributed by atoms with Gasteiger partial charge in [-0.3, -0.25) is 0 Å². The summed E-state index contributed by atoms with van der Waals surface area (Å²) in [5.74, 6) is -0.975. The first-order chi connectivity index (χ1) is 8.66. The fourth-order valence-electron chi connectivity index (χ4n) is 1.28. The SMILES string of the molecule is O=C(COc1ccccc1)On1c(O)ccc1O. The van der Waals surface area contributed by atoms with E-state index in [1.165, 1.54) is 12.1 Å². The molecule has 2 N–H and O–H groups in total. The molecule has 6 heteroatoms. The van der Waals surface area contributed by atoms with Gasteiger partial charge in [-0.25, -0.2) is 4.79 Å². The Morgan fingerprint density at radius 2 is 1.67 bits per heavy atom. The number of para-hydroxylation sites is 1. The van der Waals surface area contributed by atoms with Crippen molar-refractivity contribution in [3.8, 4) is 17.5 Å². The molecule has 2 aromatic rings. The van der Waals surface area contributed by atoms with E-state index >= 15 is 0 Å². The van der Waals surface area contributed by atoms with Gasteiger partial charge < -0.3 is 19.8 Å². The van der Waals surface area contributed by atoms with Crippen molar-refractivity contribution < 1.29 is 24.6 Å². The Labute approximate surface area is 103 Å². The van der Waals surface area contributed by atoms with E-state index < -0.39 is 5.97 Å². The smallest absolute Gasteiger partial charge is 0.370 e. The van der Waals surface area contributed by atoms with Crippen LogP contribution in [0.4, 0.5) is 0 Å². The Bertz CT molecular complexity index is 515. The zero-order valence-corrected chi connectivity index (χ0v) is 9.31. The van der Waals surface area contributed by atoms with Crippen molar-refractivity contribution in [3.05, 3.63) is 42.5 Å². The lowest BCUT2D eigenvalue weighted by atomic mass is 10.3. The van der Waals surface area contributed by atoms with Gasteiger partial charge in [-0.15, -0.1) is 4.73 Å². The fraction of sp³-hybridized carbons (Fsp3) is 0.0833. The Balaban J connectivity index is 1.90. The van der Waals surface area contributed by atoms with Gasteiger partial charge in [-0.05, 0) is 12.1 Å².